The van der Waals surface area contributed by atoms with Crippen LogP contribution in [0.4, 0.5) is 5.69 Å². The van der Waals surface area contributed by atoms with Crippen LogP contribution in [0.25, 0.3) is 0 Å². The number of nitro groups is 1. The summed E-state index contributed by atoms with van der Waals surface area (Å²) in [6.07, 6.45) is 0. The summed E-state index contributed by atoms with van der Waals surface area (Å²) in [6, 6.07) is 11.9. The molecule has 2 aromatic rings. The van der Waals surface area contributed by atoms with Crippen molar-refractivity contribution in [2.24, 2.45) is 5.92 Å². The van der Waals surface area contributed by atoms with Crippen molar-refractivity contribution in [3.8, 4) is 0 Å². The maximum atomic E-state index is 12.7. The standard InChI is InChI=1S/C18H15NO5/c1-11-8-9-15(19(23)24)14(10-11)18(22)16(12(2)20)17(21)13-6-4-3-5-7-13/h3-10,16H,1-2H3. The highest BCUT2D eigenvalue weighted by Gasteiger charge is 2.35. The smallest absolute Gasteiger partial charge is 0.280 e. The number of hydrogen-bond donors (Lipinski definition) is 0. The van der Waals surface area contributed by atoms with E-state index in [1.54, 1.807) is 25.1 Å². The Morgan fingerprint density at radius 1 is 1.00 bits per heavy atom. The van der Waals surface area contributed by atoms with Gasteiger partial charge in [-0.05, 0) is 25.5 Å². The quantitative estimate of drug-likeness (QED) is 0.352. The summed E-state index contributed by atoms with van der Waals surface area (Å²) in [4.78, 5) is 47.7. The Bertz CT molecular complexity index is 827. The fourth-order valence-corrected chi connectivity index (χ4v) is 2.42. The van der Waals surface area contributed by atoms with E-state index < -0.39 is 33.9 Å². The zero-order chi connectivity index (χ0) is 17.9. The van der Waals surface area contributed by atoms with E-state index in [1.807, 2.05) is 0 Å². The molecule has 6 nitrogen and oxygen atoms in total. The molecule has 24 heavy (non-hydrogen) atoms. The van der Waals surface area contributed by atoms with Crippen molar-refractivity contribution < 1.29 is 19.3 Å². The highest BCUT2D eigenvalue weighted by atomic mass is 16.6. The van der Waals surface area contributed by atoms with Crippen LogP contribution in [0, 0.1) is 23.0 Å². The molecule has 0 bridgehead atoms. The van der Waals surface area contributed by atoms with E-state index in [9.17, 15) is 24.5 Å². The monoisotopic (exact) mass is 325 g/mol. The first-order chi connectivity index (χ1) is 11.3. The first-order valence-electron chi connectivity index (χ1n) is 7.22. The summed E-state index contributed by atoms with van der Waals surface area (Å²) in [7, 11) is 0. The maximum Gasteiger partial charge on any atom is 0.280 e. The third kappa shape index (κ3) is 3.43. The summed E-state index contributed by atoms with van der Waals surface area (Å²) >= 11 is 0. The van der Waals surface area contributed by atoms with E-state index in [2.05, 4.69) is 0 Å². The normalized spacial score (nSPS) is 11.6. The molecule has 0 N–H and O–H groups in total. The Kier molecular flexibility index (Phi) is 4.99. The van der Waals surface area contributed by atoms with Gasteiger partial charge in [-0.15, -0.1) is 0 Å². The second kappa shape index (κ2) is 6.95. The molecule has 0 heterocycles. The minimum absolute atomic E-state index is 0.210. The van der Waals surface area contributed by atoms with Gasteiger partial charge >= 0.3 is 0 Å². The summed E-state index contributed by atoms with van der Waals surface area (Å²) in [5, 5.41) is 11.2. The van der Waals surface area contributed by atoms with Crippen LogP contribution in [0.15, 0.2) is 48.5 Å². The Hall–Kier alpha value is -3.15. The van der Waals surface area contributed by atoms with E-state index in [0.29, 0.717) is 5.56 Å². The highest BCUT2D eigenvalue weighted by molar-refractivity contribution is 6.28. The van der Waals surface area contributed by atoms with Gasteiger partial charge in [0, 0.05) is 11.6 Å². The Morgan fingerprint density at radius 2 is 1.62 bits per heavy atom. The van der Waals surface area contributed by atoms with Crippen molar-refractivity contribution in [2.45, 2.75) is 13.8 Å². The Labute approximate surface area is 138 Å². The van der Waals surface area contributed by atoms with Gasteiger partial charge in [0.05, 0.1) is 10.5 Å². The lowest BCUT2D eigenvalue weighted by Gasteiger charge is -2.12. The molecule has 0 saturated heterocycles. The molecule has 6 heteroatoms. The summed E-state index contributed by atoms with van der Waals surface area (Å²) in [6.45, 7) is 2.80. The molecule has 0 spiro atoms. The molecule has 2 rings (SSSR count). The summed E-state index contributed by atoms with van der Waals surface area (Å²) in [5.41, 5.74) is 0.182. The number of carbonyl (C=O) groups is 3. The van der Waals surface area contributed by atoms with Crippen LogP contribution in [0.2, 0.25) is 0 Å². The van der Waals surface area contributed by atoms with Gasteiger partial charge in [-0.25, -0.2) is 0 Å². The van der Waals surface area contributed by atoms with Crippen LogP contribution in [0.5, 0.6) is 0 Å². The minimum Gasteiger partial charge on any atom is -0.299 e. The summed E-state index contributed by atoms with van der Waals surface area (Å²) < 4.78 is 0. The molecule has 122 valence electrons. The van der Waals surface area contributed by atoms with Gasteiger partial charge in [-0.2, -0.15) is 0 Å². The molecule has 0 aliphatic rings. The molecule has 0 aliphatic carbocycles. The third-order valence-corrected chi connectivity index (χ3v) is 3.60. The first kappa shape index (κ1) is 17.2. The lowest BCUT2D eigenvalue weighted by atomic mass is 9.86. The molecule has 0 aliphatic heterocycles. The van der Waals surface area contributed by atoms with Crippen molar-refractivity contribution in [1.29, 1.82) is 0 Å². The largest absolute Gasteiger partial charge is 0.299 e. The van der Waals surface area contributed by atoms with Crippen LogP contribution in [-0.2, 0) is 4.79 Å². The number of nitro benzene ring substituents is 1. The SMILES string of the molecule is CC(=O)C(C(=O)c1ccccc1)C(=O)c1cc(C)ccc1[N+](=O)[O-]. The van der Waals surface area contributed by atoms with Gasteiger partial charge in [0.15, 0.2) is 11.6 Å². The van der Waals surface area contributed by atoms with Gasteiger partial charge in [0.2, 0.25) is 0 Å². The van der Waals surface area contributed by atoms with Crippen LogP contribution >= 0.6 is 0 Å². The molecular weight excluding hydrogens is 310 g/mol. The van der Waals surface area contributed by atoms with E-state index in [1.165, 1.54) is 30.3 Å². The van der Waals surface area contributed by atoms with Gasteiger partial charge in [0.1, 0.15) is 11.7 Å². The van der Waals surface area contributed by atoms with E-state index in [4.69, 9.17) is 0 Å². The van der Waals surface area contributed by atoms with Gasteiger partial charge in [-0.1, -0.05) is 36.4 Å². The zero-order valence-electron chi connectivity index (χ0n) is 13.2. The van der Waals surface area contributed by atoms with Crippen LogP contribution < -0.4 is 0 Å². The van der Waals surface area contributed by atoms with Gasteiger partial charge in [0.25, 0.3) is 5.69 Å². The lowest BCUT2D eigenvalue weighted by Crippen LogP contribution is -2.31. The van der Waals surface area contributed by atoms with Crippen molar-refractivity contribution in [1.82, 2.24) is 0 Å². The lowest BCUT2D eigenvalue weighted by molar-refractivity contribution is -0.385. The van der Waals surface area contributed by atoms with Crippen LogP contribution in [0.3, 0.4) is 0 Å². The number of benzene rings is 2. The van der Waals surface area contributed by atoms with E-state index >= 15 is 0 Å². The molecule has 1 atom stereocenters. The number of Topliss-reactive ketones (excluding diaryl/α,β-unsaturated/α-hetero) is 3. The number of aryl methyl sites for hydroxylation is 1. The van der Waals surface area contributed by atoms with Crippen molar-refractivity contribution in [3.63, 3.8) is 0 Å². The molecule has 0 amide bonds. The molecule has 2 aromatic carbocycles. The number of rotatable bonds is 6. The molecule has 0 radical (unpaired) electrons. The molecular formula is C18H15NO5. The predicted molar refractivity (Wildman–Crippen MR) is 87.1 cm³/mol. The maximum absolute atomic E-state index is 12.7. The average molecular weight is 325 g/mol. The molecule has 0 aromatic heterocycles. The van der Waals surface area contributed by atoms with Gasteiger partial charge < -0.3 is 0 Å². The fraction of sp³-hybridized carbons (Fsp3) is 0.167. The second-order valence-corrected chi connectivity index (χ2v) is 5.42. The molecule has 0 saturated carbocycles. The fourth-order valence-electron chi connectivity index (χ4n) is 2.42. The number of ketones is 3. The highest BCUT2D eigenvalue weighted by Crippen LogP contribution is 2.25. The van der Waals surface area contributed by atoms with Crippen LogP contribution in [-0.4, -0.2) is 22.3 Å². The van der Waals surface area contributed by atoms with Crippen molar-refractivity contribution in [3.05, 3.63) is 75.3 Å². The first-order valence-corrected chi connectivity index (χ1v) is 7.22. The second-order valence-electron chi connectivity index (χ2n) is 5.42. The topological polar surface area (TPSA) is 94.3 Å². The van der Waals surface area contributed by atoms with E-state index in [-0.39, 0.29) is 11.1 Å². The van der Waals surface area contributed by atoms with Crippen molar-refractivity contribution in [2.75, 3.05) is 0 Å². The summed E-state index contributed by atoms with van der Waals surface area (Å²) in [5.74, 6) is -3.76. The zero-order valence-corrected chi connectivity index (χ0v) is 13.2. The number of hydrogen-bond acceptors (Lipinski definition) is 5. The Balaban J connectivity index is 2.52. The van der Waals surface area contributed by atoms with Crippen molar-refractivity contribution >= 4 is 23.0 Å². The number of nitrogens with zero attached hydrogens (tertiary/aromatic N) is 1. The molecule has 0 fully saturated rings. The van der Waals surface area contributed by atoms with Crippen LogP contribution in [0.1, 0.15) is 33.2 Å². The van der Waals surface area contributed by atoms with Gasteiger partial charge in [-0.3, -0.25) is 24.5 Å². The Morgan fingerprint density at radius 3 is 2.17 bits per heavy atom. The third-order valence-electron chi connectivity index (χ3n) is 3.60. The average Bonchev–Trinajstić information content (AvgIpc) is 2.54. The minimum atomic E-state index is -1.59. The van der Waals surface area contributed by atoms with E-state index in [0.717, 1.165) is 6.92 Å². The molecule has 1 unspecified atom stereocenters. The number of carbonyl (C=O) groups excluding carboxylic acids is 3. The predicted octanol–water partition coefficient (Wildman–Crippen LogP) is 3.17.